The predicted molar refractivity (Wildman–Crippen MR) is 81.7 cm³/mol. The van der Waals surface area contributed by atoms with Crippen molar-refractivity contribution in [2.75, 3.05) is 0 Å². The van der Waals surface area contributed by atoms with Gasteiger partial charge in [-0.3, -0.25) is 0 Å². The van der Waals surface area contributed by atoms with Gasteiger partial charge >= 0.3 is 0 Å². The molecule has 0 amide bonds. The molecule has 0 saturated carbocycles. The number of phenolic OH excluding ortho intramolecular Hbond substituents is 2. The molecule has 0 saturated heterocycles. The highest BCUT2D eigenvalue weighted by atomic mass is 16.3. The van der Waals surface area contributed by atoms with Crippen molar-refractivity contribution in [1.29, 1.82) is 0 Å². The average molecular weight is 280 g/mol. The van der Waals surface area contributed by atoms with Crippen LogP contribution in [0.5, 0.6) is 11.5 Å². The highest BCUT2D eigenvalue weighted by molar-refractivity contribution is 5.70. The Morgan fingerprint density at radius 2 is 1.86 bits per heavy atom. The van der Waals surface area contributed by atoms with Gasteiger partial charge < -0.3 is 10.2 Å². The van der Waals surface area contributed by atoms with Crippen molar-refractivity contribution in [1.82, 2.24) is 9.78 Å². The number of para-hydroxylation sites is 1. The summed E-state index contributed by atoms with van der Waals surface area (Å²) in [7, 11) is 0. The van der Waals surface area contributed by atoms with E-state index < -0.39 is 0 Å². The van der Waals surface area contributed by atoms with E-state index in [9.17, 15) is 10.2 Å². The number of rotatable bonds is 3. The van der Waals surface area contributed by atoms with Gasteiger partial charge in [0.2, 0.25) is 0 Å². The molecule has 3 rings (SSSR count). The van der Waals surface area contributed by atoms with Gasteiger partial charge in [-0.2, -0.15) is 5.10 Å². The fraction of sp³-hybridized carbons (Fsp3) is 0.118. The molecule has 1 aromatic heterocycles. The number of benzene rings is 2. The van der Waals surface area contributed by atoms with Gasteiger partial charge in [0.1, 0.15) is 11.5 Å². The third-order valence-corrected chi connectivity index (χ3v) is 3.50. The summed E-state index contributed by atoms with van der Waals surface area (Å²) in [6.07, 6.45) is 2.60. The molecule has 3 aromatic rings. The fourth-order valence-corrected chi connectivity index (χ4v) is 2.45. The lowest BCUT2D eigenvalue weighted by atomic mass is 10.1. The number of aromatic hydroxyl groups is 2. The minimum atomic E-state index is 0.0331. The summed E-state index contributed by atoms with van der Waals surface area (Å²) in [5, 5.41) is 23.9. The van der Waals surface area contributed by atoms with Gasteiger partial charge in [0, 0.05) is 11.6 Å². The van der Waals surface area contributed by atoms with Crippen LogP contribution in [0.2, 0.25) is 0 Å². The van der Waals surface area contributed by atoms with Crippen molar-refractivity contribution in [3.05, 3.63) is 60.3 Å². The van der Waals surface area contributed by atoms with E-state index in [-0.39, 0.29) is 11.5 Å². The van der Waals surface area contributed by atoms with Crippen LogP contribution in [0.25, 0.3) is 16.9 Å². The molecule has 2 N–H and O–H groups in total. The lowest BCUT2D eigenvalue weighted by Gasteiger charge is -2.12. The van der Waals surface area contributed by atoms with Crippen LogP contribution in [0.1, 0.15) is 12.5 Å². The molecule has 0 aliphatic heterocycles. The molecule has 21 heavy (non-hydrogen) atoms. The van der Waals surface area contributed by atoms with E-state index in [4.69, 9.17) is 0 Å². The first kappa shape index (κ1) is 13.2. The summed E-state index contributed by atoms with van der Waals surface area (Å²) in [6.45, 7) is 2.10. The van der Waals surface area contributed by atoms with E-state index in [1.165, 1.54) is 11.6 Å². The summed E-state index contributed by atoms with van der Waals surface area (Å²) >= 11 is 0. The van der Waals surface area contributed by atoms with Gasteiger partial charge in [0.05, 0.1) is 17.6 Å². The van der Waals surface area contributed by atoms with E-state index in [1.807, 2.05) is 28.9 Å². The molecule has 0 spiro atoms. The van der Waals surface area contributed by atoms with E-state index in [1.54, 1.807) is 18.3 Å². The largest absolute Gasteiger partial charge is 0.508 e. The van der Waals surface area contributed by atoms with Gasteiger partial charge in [0.15, 0.2) is 0 Å². The first-order valence-corrected chi connectivity index (χ1v) is 6.85. The quantitative estimate of drug-likeness (QED) is 0.771. The van der Waals surface area contributed by atoms with Gasteiger partial charge in [-0.15, -0.1) is 0 Å². The molecular formula is C17H16N2O2. The van der Waals surface area contributed by atoms with Crippen molar-refractivity contribution in [3.63, 3.8) is 0 Å². The molecule has 2 aromatic carbocycles. The Hall–Kier alpha value is -2.75. The summed E-state index contributed by atoms with van der Waals surface area (Å²) in [5.74, 6) is 0.0713. The van der Waals surface area contributed by atoms with E-state index in [2.05, 4.69) is 18.1 Å². The zero-order valence-electron chi connectivity index (χ0n) is 11.7. The second-order valence-electron chi connectivity index (χ2n) is 4.81. The standard InChI is InChI=1S/C17H16N2O2/c1-2-12-5-3-4-6-15(12)19-16(9-10-18-19)14-8-7-13(20)11-17(14)21/h3-11,20-21H,2H2,1H3. The molecule has 1 heterocycles. The minimum absolute atomic E-state index is 0.0331. The highest BCUT2D eigenvalue weighted by Gasteiger charge is 2.13. The van der Waals surface area contributed by atoms with Crippen molar-refractivity contribution in [2.24, 2.45) is 0 Å². The maximum absolute atomic E-state index is 10.1. The molecule has 4 nitrogen and oxygen atoms in total. The lowest BCUT2D eigenvalue weighted by molar-refractivity contribution is 0.451. The number of aryl methyl sites for hydroxylation is 1. The smallest absolute Gasteiger partial charge is 0.128 e. The third-order valence-electron chi connectivity index (χ3n) is 3.50. The molecule has 0 aliphatic carbocycles. The normalized spacial score (nSPS) is 10.7. The van der Waals surface area contributed by atoms with Gasteiger partial charge in [0.25, 0.3) is 0 Å². The first-order chi connectivity index (χ1) is 10.2. The Kier molecular flexibility index (Phi) is 3.36. The maximum atomic E-state index is 10.1. The van der Waals surface area contributed by atoms with Crippen LogP contribution in [-0.2, 0) is 6.42 Å². The molecule has 106 valence electrons. The van der Waals surface area contributed by atoms with Crippen LogP contribution in [-0.4, -0.2) is 20.0 Å². The molecule has 4 heteroatoms. The molecule has 0 radical (unpaired) electrons. The fourth-order valence-electron chi connectivity index (χ4n) is 2.45. The summed E-state index contributed by atoms with van der Waals surface area (Å²) in [6, 6.07) is 14.5. The first-order valence-electron chi connectivity index (χ1n) is 6.85. The van der Waals surface area contributed by atoms with E-state index >= 15 is 0 Å². The highest BCUT2D eigenvalue weighted by Crippen LogP contribution is 2.33. The van der Waals surface area contributed by atoms with Crippen LogP contribution >= 0.6 is 0 Å². The molecule has 0 unspecified atom stereocenters. The molecular weight excluding hydrogens is 264 g/mol. The van der Waals surface area contributed by atoms with Crippen LogP contribution in [0, 0.1) is 0 Å². The maximum Gasteiger partial charge on any atom is 0.128 e. The molecule has 0 bridgehead atoms. The number of nitrogens with zero attached hydrogens (tertiary/aromatic N) is 2. The molecule has 0 fully saturated rings. The third kappa shape index (κ3) is 2.36. The monoisotopic (exact) mass is 280 g/mol. The van der Waals surface area contributed by atoms with Gasteiger partial charge in [-0.05, 0) is 36.2 Å². The Bertz CT molecular complexity index is 778. The Labute approximate surface area is 122 Å². The van der Waals surface area contributed by atoms with Crippen LogP contribution in [0.3, 0.4) is 0 Å². The lowest BCUT2D eigenvalue weighted by Crippen LogP contribution is -2.02. The Balaban J connectivity index is 2.17. The number of aromatic nitrogens is 2. The van der Waals surface area contributed by atoms with Gasteiger partial charge in [-0.1, -0.05) is 25.1 Å². The topological polar surface area (TPSA) is 58.3 Å². The van der Waals surface area contributed by atoms with Crippen LogP contribution in [0.15, 0.2) is 54.7 Å². The van der Waals surface area contributed by atoms with E-state index in [0.717, 1.165) is 17.8 Å². The molecule has 0 aliphatic rings. The average Bonchev–Trinajstić information content (AvgIpc) is 2.96. The van der Waals surface area contributed by atoms with Crippen LogP contribution < -0.4 is 0 Å². The number of phenols is 2. The van der Waals surface area contributed by atoms with E-state index in [0.29, 0.717) is 5.56 Å². The number of hydrogen-bond donors (Lipinski definition) is 2. The second-order valence-corrected chi connectivity index (χ2v) is 4.81. The summed E-state index contributed by atoms with van der Waals surface area (Å²) in [4.78, 5) is 0. The van der Waals surface area contributed by atoms with Crippen molar-refractivity contribution in [2.45, 2.75) is 13.3 Å². The van der Waals surface area contributed by atoms with Crippen molar-refractivity contribution >= 4 is 0 Å². The summed E-state index contributed by atoms with van der Waals surface area (Å²) < 4.78 is 1.81. The van der Waals surface area contributed by atoms with Crippen LogP contribution in [0.4, 0.5) is 0 Å². The van der Waals surface area contributed by atoms with Crippen molar-refractivity contribution < 1.29 is 10.2 Å². The Morgan fingerprint density at radius 3 is 2.62 bits per heavy atom. The van der Waals surface area contributed by atoms with Gasteiger partial charge in [-0.25, -0.2) is 4.68 Å². The predicted octanol–water partition coefficient (Wildman–Crippen LogP) is 3.51. The SMILES string of the molecule is CCc1ccccc1-n1nccc1-c1ccc(O)cc1O. The Morgan fingerprint density at radius 1 is 1.05 bits per heavy atom. The second kappa shape index (κ2) is 5.32. The molecule has 0 atom stereocenters. The zero-order chi connectivity index (χ0) is 14.8. The van der Waals surface area contributed by atoms with Crippen molar-refractivity contribution in [3.8, 4) is 28.4 Å². The summed E-state index contributed by atoms with van der Waals surface area (Å²) in [5.41, 5.74) is 3.60. The minimum Gasteiger partial charge on any atom is -0.508 e. The zero-order valence-corrected chi connectivity index (χ0v) is 11.7. The number of hydrogen-bond acceptors (Lipinski definition) is 3.